The summed E-state index contributed by atoms with van der Waals surface area (Å²) in [6, 6.07) is 7.67. The van der Waals surface area contributed by atoms with Gasteiger partial charge < -0.3 is 19.1 Å². The van der Waals surface area contributed by atoms with Crippen LogP contribution in [-0.2, 0) is 0 Å². The molecule has 0 bridgehead atoms. The van der Waals surface area contributed by atoms with Gasteiger partial charge in [-0.3, -0.25) is 4.79 Å². The maximum Gasteiger partial charge on any atom is 0.259 e. The predicted octanol–water partition coefficient (Wildman–Crippen LogP) is 4.62. The van der Waals surface area contributed by atoms with Gasteiger partial charge in [0.2, 0.25) is 5.95 Å². The van der Waals surface area contributed by atoms with Gasteiger partial charge in [-0.15, -0.1) is 0 Å². The molecule has 3 aromatic rings. The van der Waals surface area contributed by atoms with Gasteiger partial charge in [-0.2, -0.15) is 0 Å². The number of likely N-dealkylation sites (tertiary alicyclic amines) is 1. The lowest BCUT2D eigenvalue weighted by Gasteiger charge is -2.27. The van der Waals surface area contributed by atoms with Gasteiger partial charge in [0.1, 0.15) is 17.1 Å². The number of nitrogens with zero attached hydrogens (tertiary/aromatic N) is 5. The van der Waals surface area contributed by atoms with Gasteiger partial charge in [0.05, 0.1) is 24.5 Å². The number of methoxy groups -OCH3 is 1. The number of amides is 1. The highest BCUT2D eigenvalue weighted by Crippen LogP contribution is 2.39. The van der Waals surface area contributed by atoms with E-state index >= 15 is 0 Å². The Labute approximate surface area is 194 Å². The molecule has 1 saturated heterocycles. The van der Waals surface area contributed by atoms with Crippen LogP contribution in [0, 0.1) is 6.92 Å². The first-order valence-electron chi connectivity index (χ1n) is 11.3. The highest BCUT2D eigenvalue weighted by atomic mass is 16.5. The lowest BCUT2D eigenvalue weighted by atomic mass is 9.98. The molecule has 1 aliphatic rings. The predicted molar refractivity (Wildman–Crippen MR) is 127 cm³/mol. The number of carbonyl (C=O) groups excluding carboxylic acids is 1. The third kappa shape index (κ3) is 4.29. The van der Waals surface area contributed by atoms with E-state index in [1.165, 1.54) is 0 Å². The number of carbonyl (C=O) groups is 1. The molecule has 3 heterocycles. The Balaban J connectivity index is 1.81. The van der Waals surface area contributed by atoms with Crippen molar-refractivity contribution in [1.29, 1.82) is 0 Å². The molecule has 0 saturated carbocycles. The largest absolute Gasteiger partial charge is 0.497 e. The number of ether oxygens (including phenoxy) is 1. The number of hydrogen-bond acceptors (Lipinski definition) is 7. The summed E-state index contributed by atoms with van der Waals surface area (Å²) in [4.78, 5) is 27.0. The monoisotopic (exact) mass is 449 g/mol. The second-order valence-electron chi connectivity index (χ2n) is 8.91. The maximum atomic E-state index is 13.8. The molecule has 1 aliphatic heterocycles. The van der Waals surface area contributed by atoms with Gasteiger partial charge in [-0.05, 0) is 43.4 Å². The number of aromatic nitrogens is 3. The number of benzene rings is 1. The summed E-state index contributed by atoms with van der Waals surface area (Å²) in [6.45, 7) is 6.49. The molecule has 0 radical (unpaired) electrons. The molecule has 8 heteroatoms. The van der Waals surface area contributed by atoms with E-state index in [0.29, 0.717) is 29.5 Å². The lowest BCUT2D eigenvalue weighted by Crippen LogP contribution is -2.32. The van der Waals surface area contributed by atoms with Crippen LogP contribution in [0.5, 0.6) is 5.75 Å². The molecule has 1 fully saturated rings. The number of hydrogen-bond donors (Lipinski definition) is 0. The molecule has 1 aromatic carbocycles. The van der Waals surface area contributed by atoms with Gasteiger partial charge in [-0.25, -0.2) is 9.97 Å². The minimum atomic E-state index is -0.172. The average Bonchev–Trinajstić information content (AvgIpc) is 3.45. The zero-order valence-corrected chi connectivity index (χ0v) is 20.1. The van der Waals surface area contributed by atoms with E-state index < -0.39 is 0 Å². The Bertz CT molecular complexity index is 1150. The third-order valence-electron chi connectivity index (χ3n) is 6.07. The van der Waals surface area contributed by atoms with Crippen molar-refractivity contribution in [1.82, 2.24) is 20.0 Å². The number of rotatable bonds is 6. The molecule has 0 spiro atoms. The molecule has 1 amide bonds. The quantitative estimate of drug-likeness (QED) is 0.543. The van der Waals surface area contributed by atoms with Crippen molar-refractivity contribution in [2.75, 3.05) is 32.6 Å². The molecule has 2 aromatic heterocycles. The van der Waals surface area contributed by atoms with Gasteiger partial charge in [-0.1, -0.05) is 31.1 Å². The Morgan fingerprint density at radius 1 is 1.30 bits per heavy atom. The minimum absolute atomic E-state index is 0.0541. The first-order chi connectivity index (χ1) is 15.8. The van der Waals surface area contributed by atoms with Crippen molar-refractivity contribution in [3.8, 4) is 16.9 Å². The molecule has 8 nitrogen and oxygen atoms in total. The van der Waals surface area contributed by atoms with E-state index in [1.54, 1.807) is 14.0 Å². The highest BCUT2D eigenvalue weighted by Gasteiger charge is 2.37. The standard InChI is InChI=1S/C25H31N5O3/c1-15(2)22-21(16(3)33-28-22)24(31)30-12-8-11-20(30)23-19(14-26-25(27-23)29(4)5)17-9-7-10-18(13-17)32-6/h7,9-10,13-15,20H,8,11-12H2,1-6H3/t20-/m1/s1. The van der Waals surface area contributed by atoms with E-state index in [9.17, 15) is 4.79 Å². The van der Waals surface area contributed by atoms with Crippen LogP contribution in [0.15, 0.2) is 35.0 Å². The second kappa shape index (κ2) is 9.21. The number of anilines is 1. The average molecular weight is 450 g/mol. The first kappa shape index (κ1) is 22.8. The van der Waals surface area contributed by atoms with Crippen molar-refractivity contribution in [2.45, 2.75) is 45.6 Å². The van der Waals surface area contributed by atoms with Crippen LogP contribution in [-0.4, -0.2) is 53.7 Å². The zero-order valence-electron chi connectivity index (χ0n) is 20.1. The van der Waals surface area contributed by atoms with Gasteiger partial charge in [0.25, 0.3) is 5.91 Å². The molecule has 0 N–H and O–H groups in total. The Morgan fingerprint density at radius 2 is 2.09 bits per heavy atom. The van der Waals surface area contributed by atoms with E-state index in [4.69, 9.17) is 14.2 Å². The van der Waals surface area contributed by atoms with Gasteiger partial charge in [0, 0.05) is 32.4 Å². The van der Waals surface area contributed by atoms with Crippen LogP contribution in [0.25, 0.3) is 11.1 Å². The van der Waals surface area contributed by atoms with Crippen molar-refractivity contribution in [3.05, 3.63) is 53.2 Å². The molecule has 4 rings (SSSR count). The molecular weight excluding hydrogens is 418 g/mol. The first-order valence-corrected chi connectivity index (χ1v) is 11.3. The van der Waals surface area contributed by atoms with Crippen molar-refractivity contribution >= 4 is 11.9 Å². The number of aryl methyl sites for hydroxylation is 1. The zero-order chi connectivity index (χ0) is 23.7. The lowest BCUT2D eigenvalue weighted by molar-refractivity contribution is 0.0730. The second-order valence-corrected chi connectivity index (χ2v) is 8.91. The van der Waals surface area contributed by atoms with Crippen molar-refractivity contribution in [2.24, 2.45) is 0 Å². The Morgan fingerprint density at radius 3 is 2.79 bits per heavy atom. The SMILES string of the molecule is COc1cccc(-c2cnc(N(C)C)nc2[C@H]2CCCN2C(=O)c2c(C(C)C)noc2C)c1. The normalized spacial score (nSPS) is 15.8. The van der Waals surface area contributed by atoms with Crippen molar-refractivity contribution in [3.63, 3.8) is 0 Å². The Hall–Kier alpha value is -3.42. The molecular formula is C25H31N5O3. The fourth-order valence-corrected chi connectivity index (χ4v) is 4.35. The van der Waals surface area contributed by atoms with Crippen LogP contribution in [0.3, 0.4) is 0 Å². The Kier molecular flexibility index (Phi) is 6.35. The van der Waals surface area contributed by atoms with E-state index in [1.807, 2.05) is 68.2 Å². The smallest absolute Gasteiger partial charge is 0.259 e. The maximum absolute atomic E-state index is 13.8. The summed E-state index contributed by atoms with van der Waals surface area (Å²) >= 11 is 0. The van der Waals surface area contributed by atoms with Crippen LogP contribution >= 0.6 is 0 Å². The van der Waals surface area contributed by atoms with Gasteiger partial charge >= 0.3 is 0 Å². The van der Waals surface area contributed by atoms with Crippen molar-refractivity contribution < 1.29 is 14.1 Å². The third-order valence-corrected chi connectivity index (χ3v) is 6.07. The molecule has 33 heavy (non-hydrogen) atoms. The summed E-state index contributed by atoms with van der Waals surface area (Å²) in [5.41, 5.74) is 3.97. The summed E-state index contributed by atoms with van der Waals surface area (Å²) in [5, 5.41) is 4.16. The fraction of sp³-hybridized carbons (Fsp3) is 0.440. The summed E-state index contributed by atoms with van der Waals surface area (Å²) < 4.78 is 10.8. The summed E-state index contributed by atoms with van der Waals surface area (Å²) in [7, 11) is 5.48. The van der Waals surface area contributed by atoms with Crippen LogP contribution in [0.4, 0.5) is 5.95 Å². The van der Waals surface area contributed by atoms with E-state index in [-0.39, 0.29) is 17.9 Å². The summed E-state index contributed by atoms with van der Waals surface area (Å²) in [5.74, 6) is 1.96. The van der Waals surface area contributed by atoms with Gasteiger partial charge in [0.15, 0.2) is 0 Å². The fourth-order valence-electron chi connectivity index (χ4n) is 4.35. The van der Waals surface area contributed by atoms with Crippen LogP contribution in [0.2, 0.25) is 0 Å². The minimum Gasteiger partial charge on any atom is -0.497 e. The molecule has 0 aliphatic carbocycles. The van der Waals surface area contributed by atoms with Crippen LogP contribution in [0.1, 0.15) is 66.2 Å². The molecule has 174 valence electrons. The van der Waals surface area contributed by atoms with E-state index in [0.717, 1.165) is 35.4 Å². The van der Waals surface area contributed by atoms with E-state index in [2.05, 4.69) is 10.1 Å². The van der Waals surface area contributed by atoms with Crippen LogP contribution < -0.4 is 9.64 Å². The molecule has 1 atom stereocenters. The topological polar surface area (TPSA) is 84.6 Å². The highest BCUT2D eigenvalue weighted by molar-refractivity contribution is 5.97. The summed E-state index contributed by atoms with van der Waals surface area (Å²) in [6.07, 6.45) is 3.57. The molecule has 0 unspecified atom stereocenters.